The van der Waals surface area contributed by atoms with Gasteiger partial charge in [-0.1, -0.05) is 68.5 Å². The van der Waals surface area contributed by atoms with Crippen LogP contribution in [0.2, 0.25) is 0 Å². The van der Waals surface area contributed by atoms with Gasteiger partial charge in [-0.3, -0.25) is 19.4 Å². The molecule has 0 fully saturated rings. The molecule has 1 aromatic heterocycles. The normalized spacial score (nSPS) is 16.3. The summed E-state index contributed by atoms with van der Waals surface area (Å²) in [6.45, 7) is 4.32. The van der Waals surface area contributed by atoms with Crippen LogP contribution in [-0.4, -0.2) is 47.2 Å². The van der Waals surface area contributed by atoms with Gasteiger partial charge < -0.3 is 15.1 Å². The Kier molecular flexibility index (Phi) is 9.26. The zero-order valence-electron chi connectivity index (χ0n) is 22.8. The molecule has 0 radical (unpaired) electrons. The Labute approximate surface area is 230 Å². The van der Waals surface area contributed by atoms with Gasteiger partial charge in [0.25, 0.3) is 5.91 Å². The van der Waals surface area contributed by atoms with Crippen molar-refractivity contribution in [1.29, 1.82) is 0 Å². The minimum absolute atomic E-state index is 0.00760. The summed E-state index contributed by atoms with van der Waals surface area (Å²) < 4.78 is 0. The molecular weight excluding hydrogens is 488 g/mol. The second kappa shape index (κ2) is 13.0. The second-order valence-corrected chi connectivity index (χ2v) is 9.97. The number of pyridine rings is 1. The number of hydrogen-bond donors (Lipinski definition) is 1. The SMILES string of the molecule is CC[C@@H](C)C(=O)N(C)c1cccc(C(=O)N[C@@H](Cc2ccccc2)C(=O)N2CC=CCC2c2cccnc2)c1. The molecule has 2 aromatic carbocycles. The lowest BCUT2D eigenvalue weighted by molar-refractivity contribution is -0.135. The zero-order valence-corrected chi connectivity index (χ0v) is 22.8. The van der Waals surface area contributed by atoms with Crippen LogP contribution in [0.15, 0.2) is 91.3 Å². The highest BCUT2D eigenvalue weighted by Crippen LogP contribution is 2.28. The third-order valence-electron chi connectivity index (χ3n) is 7.30. The van der Waals surface area contributed by atoms with Crippen molar-refractivity contribution in [2.75, 3.05) is 18.5 Å². The smallest absolute Gasteiger partial charge is 0.252 e. The number of nitrogens with one attached hydrogen (secondary N) is 1. The summed E-state index contributed by atoms with van der Waals surface area (Å²) in [5.41, 5.74) is 2.94. The quantitative estimate of drug-likeness (QED) is 0.401. The molecule has 7 nitrogen and oxygen atoms in total. The van der Waals surface area contributed by atoms with E-state index in [0.29, 0.717) is 30.6 Å². The zero-order chi connectivity index (χ0) is 27.8. The number of rotatable bonds is 9. The topological polar surface area (TPSA) is 82.6 Å². The van der Waals surface area contributed by atoms with E-state index in [-0.39, 0.29) is 29.7 Å². The van der Waals surface area contributed by atoms with E-state index in [1.807, 2.05) is 73.4 Å². The molecule has 0 bridgehead atoms. The van der Waals surface area contributed by atoms with Crippen molar-refractivity contribution >= 4 is 23.4 Å². The molecule has 1 aliphatic heterocycles. The summed E-state index contributed by atoms with van der Waals surface area (Å²) in [5, 5.41) is 3.01. The van der Waals surface area contributed by atoms with Crippen molar-refractivity contribution in [3.8, 4) is 0 Å². The van der Waals surface area contributed by atoms with Crippen LogP contribution < -0.4 is 10.2 Å². The van der Waals surface area contributed by atoms with Crippen LogP contribution in [0.25, 0.3) is 0 Å². The summed E-state index contributed by atoms with van der Waals surface area (Å²) in [5.74, 6) is -0.634. The lowest BCUT2D eigenvalue weighted by atomic mass is 9.97. The van der Waals surface area contributed by atoms with E-state index in [1.165, 1.54) is 0 Å². The monoisotopic (exact) mass is 524 g/mol. The van der Waals surface area contributed by atoms with Crippen LogP contribution in [0.1, 0.15) is 54.2 Å². The lowest BCUT2D eigenvalue weighted by Gasteiger charge is -2.36. The van der Waals surface area contributed by atoms with E-state index in [1.54, 1.807) is 42.5 Å². The van der Waals surface area contributed by atoms with Crippen LogP contribution in [0.5, 0.6) is 0 Å². The molecule has 3 atom stereocenters. The molecule has 1 unspecified atom stereocenters. The van der Waals surface area contributed by atoms with Crippen LogP contribution in [-0.2, 0) is 16.0 Å². The van der Waals surface area contributed by atoms with E-state index < -0.39 is 6.04 Å². The fourth-order valence-electron chi connectivity index (χ4n) is 4.78. The van der Waals surface area contributed by atoms with E-state index in [4.69, 9.17) is 0 Å². The first-order valence-electron chi connectivity index (χ1n) is 13.5. The maximum absolute atomic E-state index is 14.0. The number of amides is 3. The lowest BCUT2D eigenvalue weighted by Crippen LogP contribution is -2.51. The van der Waals surface area contributed by atoms with Crippen molar-refractivity contribution in [3.63, 3.8) is 0 Å². The molecule has 7 heteroatoms. The summed E-state index contributed by atoms with van der Waals surface area (Å²) in [6, 6.07) is 19.6. The number of anilines is 1. The van der Waals surface area contributed by atoms with Gasteiger partial charge in [0.1, 0.15) is 6.04 Å². The Hall–Kier alpha value is -4.26. The molecule has 2 heterocycles. The largest absolute Gasteiger partial charge is 0.340 e. The molecule has 3 aromatic rings. The molecule has 0 saturated carbocycles. The predicted molar refractivity (Wildman–Crippen MR) is 153 cm³/mol. The van der Waals surface area contributed by atoms with Crippen LogP contribution >= 0.6 is 0 Å². The molecule has 3 amide bonds. The van der Waals surface area contributed by atoms with Gasteiger partial charge in [-0.15, -0.1) is 0 Å². The van der Waals surface area contributed by atoms with E-state index in [2.05, 4.69) is 16.4 Å². The van der Waals surface area contributed by atoms with Crippen LogP contribution in [0.3, 0.4) is 0 Å². The minimum Gasteiger partial charge on any atom is -0.340 e. The van der Waals surface area contributed by atoms with Gasteiger partial charge in [-0.25, -0.2) is 0 Å². The molecule has 39 heavy (non-hydrogen) atoms. The van der Waals surface area contributed by atoms with E-state index in [0.717, 1.165) is 17.5 Å². The Morgan fingerprint density at radius 1 is 1.05 bits per heavy atom. The standard InChI is InChI=1S/C32H36N4O3/c1-4-23(2)31(38)35(3)27-16-10-14-25(21-27)30(37)34-28(20-24-12-6-5-7-13-24)32(39)36-19-9-8-17-29(36)26-15-11-18-33-22-26/h5-16,18,21-23,28-29H,4,17,19-20H2,1-3H3,(H,34,37)/t23-,28+,29?/m1/s1. The third-order valence-corrected chi connectivity index (χ3v) is 7.30. The number of benzene rings is 2. The summed E-state index contributed by atoms with van der Waals surface area (Å²) in [7, 11) is 1.72. The Bertz CT molecular complexity index is 1310. The number of carbonyl (C=O) groups is 3. The van der Waals surface area contributed by atoms with Gasteiger partial charge in [0.15, 0.2) is 0 Å². The average molecular weight is 525 g/mol. The van der Waals surface area contributed by atoms with E-state index in [9.17, 15) is 14.4 Å². The first-order valence-corrected chi connectivity index (χ1v) is 13.5. The summed E-state index contributed by atoms with van der Waals surface area (Å²) in [4.78, 5) is 47.9. The van der Waals surface area contributed by atoms with Crippen molar-refractivity contribution < 1.29 is 14.4 Å². The van der Waals surface area contributed by atoms with Gasteiger partial charge in [0.2, 0.25) is 11.8 Å². The Balaban J connectivity index is 1.59. The number of aromatic nitrogens is 1. The highest BCUT2D eigenvalue weighted by atomic mass is 16.2. The summed E-state index contributed by atoms with van der Waals surface area (Å²) in [6.07, 6.45) is 9.35. The second-order valence-electron chi connectivity index (χ2n) is 9.97. The van der Waals surface area contributed by atoms with Gasteiger partial charge >= 0.3 is 0 Å². The summed E-state index contributed by atoms with van der Waals surface area (Å²) >= 11 is 0. The maximum atomic E-state index is 14.0. The first-order chi connectivity index (χ1) is 18.9. The molecule has 4 rings (SSSR count). The number of carbonyl (C=O) groups excluding carboxylic acids is 3. The first kappa shape index (κ1) is 27.8. The van der Waals surface area contributed by atoms with Crippen LogP contribution in [0.4, 0.5) is 5.69 Å². The number of hydrogen-bond acceptors (Lipinski definition) is 4. The third kappa shape index (κ3) is 6.79. The molecule has 1 N–H and O–H groups in total. The fraction of sp³-hybridized carbons (Fsp3) is 0.312. The molecular formula is C32H36N4O3. The minimum atomic E-state index is -0.770. The molecule has 202 valence electrons. The van der Waals surface area contributed by atoms with Crippen molar-refractivity contribution in [2.24, 2.45) is 5.92 Å². The highest BCUT2D eigenvalue weighted by molar-refractivity contribution is 6.00. The molecule has 0 aliphatic carbocycles. The van der Waals surface area contributed by atoms with Gasteiger partial charge in [0.05, 0.1) is 6.04 Å². The predicted octanol–water partition coefficient (Wildman–Crippen LogP) is 4.96. The van der Waals surface area contributed by atoms with Crippen molar-refractivity contribution in [3.05, 3.63) is 108 Å². The fourth-order valence-corrected chi connectivity index (χ4v) is 4.78. The van der Waals surface area contributed by atoms with Crippen LogP contribution in [0, 0.1) is 5.92 Å². The number of nitrogens with zero attached hydrogens (tertiary/aromatic N) is 3. The highest BCUT2D eigenvalue weighted by Gasteiger charge is 2.32. The maximum Gasteiger partial charge on any atom is 0.252 e. The molecule has 0 spiro atoms. The molecule has 0 saturated heterocycles. The van der Waals surface area contributed by atoms with Gasteiger partial charge in [-0.05, 0) is 48.2 Å². The Morgan fingerprint density at radius 3 is 2.56 bits per heavy atom. The van der Waals surface area contributed by atoms with Gasteiger partial charge in [-0.2, -0.15) is 0 Å². The van der Waals surface area contributed by atoms with Crippen molar-refractivity contribution in [1.82, 2.24) is 15.2 Å². The Morgan fingerprint density at radius 2 is 1.85 bits per heavy atom. The van der Waals surface area contributed by atoms with Gasteiger partial charge in [0, 0.05) is 49.6 Å². The van der Waals surface area contributed by atoms with E-state index >= 15 is 0 Å². The molecule has 1 aliphatic rings. The average Bonchev–Trinajstić information content (AvgIpc) is 3.00. The van der Waals surface area contributed by atoms with Crippen molar-refractivity contribution in [2.45, 2.75) is 45.2 Å².